The molecule has 19 heavy (non-hydrogen) atoms. The van der Waals surface area contributed by atoms with Gasteiger partial charge in [-0.05, 0) is 31.1 Å². The Balaban J connectivity index is 2.23. The van der Waals surface area contributed by atoms with Gasteiger partial charge in [0, 0.05) is 40.3 Å². The van der Waals surface area contributed by atoms with Crippen LogP contribution in [0.3, 0.4) is 0 Å². The Morgan fingerprint density at radius 2 is 1.21 bits per heavy atom. The van der Waals surface area contributed by atoms with Crippen molar-refractivity contribution in [1.82, 2.24) is 0 Å². The average Bonchev–Trinajstić information content (AvgIpc) is 2.90. The van der Waals surface area contributed by atoms with Gasteiger partial charge in [-0.2, -0.15) is 0 Å². The predicted octanol–water partition coefficient (Wildman–Crippen LogP) is 1.33. The summed E-state index contributed by atoms with van der Waals surface area (Å²) in [5.41, 5.74) is 0. The van der Waals surface area contributed by atoms with Gasteiger partial charge in [-0.25, -0.2) is 0 Å². The standard InChI is InChI=1S/C15H23O4/c1-16-8-12-10-6-5-7-11(10)13(9-17-2)15(19-4)14(12)18-3/h5-7,12-15H,8-9H2,1-4H3/t12-,13-,14-,15-/m1/s1. The van der Waals surface area contributed by atoms with Gasteiger partial charge in [0.2, 0.25) is 0 Å². The van der Waals surface area contributed by atoms with Crippen LogP contribution in [-0.2, 0) is 18.9 Å². The van der Waals surface area contributed by atoms with Gasteiger partial charge < -0.3 is 18.9 Å². The molecule has 107 valence electrons. The molecule has 2 aliphatic rings. The molecule has 4 heteroatoms. The highest BCUT2D eigenvalue weighted by molar-refractivity contribution is 5.49. The average molecular weight is 267 g/mol. The van der Waals surface area contributed by atoms with E-state index in [1.165, 1.54) is 11.8 Å². The molecule has 5 radical (unpaired) electrons. The number of methoxy groups -OCH3 is 4. The van der Waals surface area contributed by atoms with Crippen LogP contribution in [0.4, 0.5) is 0 Å². The van der Waals surface area contributed by atoms with Crippen molar-refractivity contribution in [2.75, 3.05) is 41.7 Å². The summed E-state index contributed by atoms with van der Waals surface area (Å²) in [4.78, 5) is 0. The fraction of sp³-hybridized carbons (Fsp3) is 0.667. The van der Waals surface area contributed by atoms with Gasteiger partial charge in [0.1, 0.15) is 0 Å². The molecule has 0 bridgehead atoms. The van der Waals surface area contributed by atoms with Gasteiger partial charge in [-0.15, -0.1) is 0 Å². The molecular weight excluding hydrogens is 244 g/mol. The summed E-state index contributed by atoms with van der Waals surface area (Å²) < 4.78 is 22.1. The normalized spacial score (nSPS) is 36.6. The smallest absolute Gasteiger partial charge is 0.0892 e. The van der Waals surface area contributed by atoms with E-state index in [4.69, 9.17) is 18.9 Å². The van der Waals surface area contributed by atoms with E-state index in [0.717, 1.165) is 0 Å². The number of fused-ring (bicyclic) bond motifs is 1. The highest BCUT2D eigenvalue weighted by Gasteiger charge is 2.53. The van der Waals surface area contributed by atoms with E-state index < -0.39 is 0 Å². The van der Waals surface area contributed by atoms with Crippen LogP contribution >= 0.6 is 0 Å². The first kappa shape index (κ1) is 15.2. The summed E-state index contributed by atoms with van der Waals surface area (Å²) in [6.07, 6.45) is 6.36. The summed E-state index contributed by atoms with van der Waals surface area (Å²) in [5, 5.41) is 0. The van der Waals surface area contributed by atoms with E-state index in [-0.39, 0.29) is 24.0 Å². The predicted molar refractivity (Wildman–Crippen MR) is 71.7 cm³/mol. The molecule has 0 unspecified atom stereocenters. The van der Waals surface area contributed by atoms with Crippen LogP contribution in [0.25, 0.3) is 0 Å². The molecular formula is C15H23O4. The third-order valence-electron chi connectivity index (χ3n) is 4.04. The number of rotatable bonds is 6. The largest absolute Gasteiger partial charge is 0.384 e. The highest BCUT2D eigenvalue weighted by Crippen LogP contribution is 2.51. The maximum Gasteiger partial charge on any atom is 0.0892 e. The molecule has 4 atom stereocenters. The Kier molecular flexibility index (Phi) is 5.63. The monoisotopic (exact) mass is 267 g/mol. The van der Waals surface area contributed by atoms with Crippen LogP contribution in [0.15, 0.2) is 0 Å². The van der Waals surface area contributed by atoms with Crippen LogP contribution in [0.1, 0.15) is 0 Å². The highest BCUT2D eigenvalue weighted by atomic mass is 16.5. The summed E-state index contributed by atoms with van der Waals surface area (Å²) in [7, 11) is 6.91. The van der Waals surface area contributed by atoms with E-state index >= 15 is 0 Å². The fourth-order valence-corrected chi connectivity index (χ4v) is 3.26. The van der Waals surface area contributed by atoms with Crippen molar-refractivity contribution in [3.63, 3.8) is 0 Å². The lowest BCUT2D eigenvalue weighted by atomic mass is 9.65. The molecule has 0 heterocycles. The molecule has 0 aromatic carbocycles. The van der Waals surface area contributed by atoms with Gasteiger partial charge in [-0.3, -0.25) is 0 Å². The maximum absolute atomic E-state index is 5.70. The lowest BCUT2D eigenvalue weighted by molar-refractivity contribution is -0.116. The Morgan fingerprint density at radius 1 is 0.789 bits per heavy atom. The van der Waals surface area contributed by atoms with E-state index in [1.807, 2.05) is 0 Å². The zero-order chi connectivity index (χ0) is 13.8. The maximum atomic E-state index is 5.70. The Bertz CT molecular complexity index is 245. The van der Waals surface area contributed by atoms with Crippen LogP contribution < -0.4 is 0 Å². The first-order valence-electron chi connectivity index (χ1n) is 6.57. The lowest BCUT2D eigenvalue weighted by Gasteiger charge is -2.47. The van der Waals surface area contributed by atoms with E-state index in [2.05, 4.69) is 19.3 Å². The van der Waals surface area contributed by atoms with Crippen molar-refractivity contribution >= 4 is 0 Å². The molecule has 2 saturated carbocycles. The van der Waals surface area contributed by atoms with Gasteiger partial charge in [-0.1, -0.05) is 0 Å². The van der Waals surface area contributed by atoms with Crippen LogP contribution in [0.5, 0.6) is 0 Å². The molecule has 0 aromatic heterocycles. The number of hydrogen-bond donors (Lipinski definition) is 0. The summed E-state index contributed by atoms with van der Waals surface area (Å²) in [6, 6.07) is 0. The van der Waals surface area contributed by atoms with Gasteiger partial charge in [0.15, 0.2) is 0 Å². The van der Waals surface area contributed by atoms with Crippen molar-refractivity contribution in [3.8, 4) is 0 Å². The second-order valence-corrected chi connectivity index (χ2v) is 4.96. The fourth-order valence-electron chi connectivity index (χ4n) is 3.26. The Morgan fingerprint density at radius 3 is 1.53 bits per heavy atom. The molecule has 2 rings (SSSR count). The number of ether oxygens (including phenoxy) is 4. The van der Waals surface area contributed by atoms with Gasteiger partial charge in [0.05, 0.1) is 25.4 Å². The molecule has 0 aromatic rings. The SMILES string of the molecule is COC[C@@H]1[C]2[CH][CH][CH][C]2[C@@H](COC)[C@@H](OC)[C@@H]1OC. The molecule has 0 N–H and O–H groups in total. The molecule has 0 aliphatic heterocycles. The second kappa shape index (κ2) is 7.02. The van der Waals surface area contributed by atoms with Gasteiger partial charge >= 0.3 is 0 Å². The minimum absolute atomic E-state index is 0.0139. The van der Waals surface area contributed by atoms with Crippen molar-refractivity contribution in [1.29, 1.82) is 0 Å². The van der Waals surface area contributed by atoms with Crippen LogP contribution in [0.2, 0.25) is 0 Å². The lowest BCUT2D eigenvalue weighted by Crippen LogP contribution is -2.54. The zero-order valence-electron chi connectivity index (χ0n) is 12.1. The third kappa shape index (κ3) is 2.82. The van der Waals surface area contributed by atoms with Crippen LogP contribution in [-0.4, -0.2) is 53.9 Å². The first-order chi connectivity index (χ1) is 9.28. The van der Waals surface area contributed by atoms with Crippen molar-refractivity contribution in [2.45, 2.75) is 12.2 Å². The summed E-state index contributed by atoms with van der Waals surface area (Å²) in [5.74, 6) is 3.00. The van der Waals surface area contributed by atoms with Gasteiger partial charge in [0.25, 0.3) is 0 Å². The van der Waals surface area contributed by atoms with E-state index in [1.54, 1.807) is 28.4 Å². The van der Waals surface area contributed by atoms with E-state index in [9.17, 15) is 0 Å². The molecule has 2 aliphatic carbocycles. The van der Waals surface area contributed by atoms with Crippen LogP contribution in [0, 0.1) is 42.9 Å². The molecule has 4 nitrogen and oxygen atoms in total. The minimum Gasteiger partial charge on any atom is -0.384 e. The zero-order valence-corrected chi connectivity index (χ0v) is 12.1. The molecule has 0 saturated heterocycles. The molecule has 0 spiro atoms. The minimum atomic E-state index is -0.0139. The molecule has 0 amide bonds. The Labute approximate surface area is 116 Å². The van der Waals surface area contributed by atoms with Crippen molar-refractivity contribution < 1.29 is 18.9 Å². The second-order valence-electron chi connectivity index (χ2n) is 4.96. The number of hydrogen-bond acceptors (Lipinski definition) is 4. The molecule has 2 fully saturated rings. The van der Waals surface area contributed by atoms with E-state index in [0.29, 0.717) is 13.2 Å². The van der Waals surface area contributed by atoms with Crippen molar-refractivity contribution in [3.05, 3.63) is 31.1 Å². The Hall–Kier alpha value is -0.160. The summed E-state index contributed by atoms with van der Waals surface area (Å²) in [6.45, 7) is 1.27. The third-order valence-corrected chi connectivity index (χ3v) is 4.04. The first-order valence-corrected chi connectivity index (χ1v) is 6.57. The van der Waals surface area contributed by atoms with Crippen molar-refractivity contribution in [2.24, 2.45) is 11.8 Å². The quantitative estimate of drug-likeness (QED) is 0.727. The summed E-state index contributed by atoms with van der Waals surface area (Å²) >= 11 is 0. The topological polar surface area (TPSA) is 36.9 Å².